The van der Waals surface area contributed by atoms with E-state index in [0.29, 0.717) is 25.1 Å². The van der Waals surface area contributed by atoms with Crippen molar-refractivity contribution in [1.29, 1.82) is 0 Å². The van der Waals surface area contributed by atoms with Crippen LogP contribution in [0.25, 0.3) is 5.52 Å². The van der Waals surface area contributed by atoms with E-state index in [4.69, 9.17) is 4.74 Å². The minimum Gasteiger partial charge on any atom is -0.393 e. The van der Waals surface area contributed by atoms with E-state index in [0.717, 1.165) is 35.7 Å². The van der Waals surface area contributed by atoms with E-state index in [-0.39, 0.29) is 12.1 Å². The largest absolute Gasteiger partial charge is 0.393 e. The minimum atomic E-state index is -0.151. The number of hydrogen-bond acceptors (Lipinski definition) is 5. The van der Waals surface area contributed by atoms with Gasteiger partial charge in [-0.1, -0.05) is 0 Å². The number of nitrogens with zero attached hydrogens (tertiary/aromatic N) is 3. The second-order valence-corrected chi connectivity index (χ2v) is 7.36. The summed E-state index contributed by atoms with van der Waals surface area (Å²) in [5.74, 6) is 1.03. The Hall–Kier alpha value is -1.18. The van der Waals surface area contributed by atoms with Gasteiger partial charge in [-0.3, -0.25) is 0 Å². The monoisotopic (exact) mass is 396 g/mol. The number of fused-ring (bicyclic) bond motifs is 1. The molecule has 2 heterocycles. The van der Waals surface area contributed by atoms with Crippen LogP contribution in [-0.2, 0) is 4.74 Å². The molecule has 0 spiro atoms. The van der Waals surface area contributed by atoms with Crippen molar-refractivity contribution in [3.8, 4) is 0 Å². The van der Waals surface area contributed by atoms with Crippen molar-refractivity contribution in [2.45, 2.75) is 57.6 Å². The summed E-state index contributed by atoms with van der Waals surface area (Å²) in [4.78, 5) is 4.42. The van der Waals surface area contributed by atoms with E-state index in [2.05, 4.69) is 44.3 Å². The Balaban J connectivity index is 1.83. The summed E-state index contributed by atoms with van der Waals surface area (Å²) in [7, 11) is 0. The molecule has 0 aromatic carbocycles. The van der Waals surface area contributed by atoms with Crippen molar-refractivity contribution < 1.29 is 9.84 Å². The number of hydrogen-bond donors (Lipinski definition) is 2. The zero-order valence-electron chi connectivity index (χ0n) is 14.2. The predicted octanol–water partition coefficient (Wildman–Crippen LogP) is 3.35. The molecular weight excluding hydrogens is 372 g/mol. The van der Waals surface area contributed by atoms with Crippen LogP contribution in [0.1, 0.15) is 51.1 Å². The van der Waals surface area contributed by atoms with Crippen LogP contribution in [0.15, 0.2) is 16.7 Å². The van der Waals surface area contributed by atoms with Gasteiger partial charge in [0.2, 0.25) is 5.95 Å². The lowest BCUT2D eigenvalue weighted by Crippen LogP contribution is -2.24. The van der Waals surface area contributed by atoms with Crippen molar-refractivity contribution in [1.82, 2.24) is 14.6 Å². The van der Waals surface area contributed by atoms with Gasteiger partial charge in [-0.25, -0.2) is 9.50 Å². The summed E-state index contributed by atoms with van der Waals surface area (Å²) < 4.78 is 8.42. The summed E-state index contributed by atoms with van der Waals surface area (Å²) in [6, 6.07) is 2.29. The van der Waals surface area contributed by atoms with Gasteiger partial charge >= 0.3 is 0 Å². The zero-order valence-corrected chi connectivity index (χ0v) is 15.8. The van der Waals surface area contributed by atoms with Crippen LogP contribution in [-0.4, -0.2) is 45.1 Å². The summed E-state index contributed by atoms with van der Waals surface area (Å²) in [6.45, 7) is 5.37. The Morgan fingerprint density at radius 3 is 2.88 bits per heavy atom. The SMILES string of the molecule is CCOC[C@H](C)Nc1ncc2c(Br)cc([C@H]3CC[C@H](O)CC3)n2n1. The maximum absolute atomic E-state index is 9.74. The summed E-state index contributed by atoms with van der Waals surface area (Å²) in [6.07, 6.45) is 5.39. The molecule has 1 aliphatic carbocycles. The Morgan fingerprint density at radius 1 is 1.42 bits per heavy atom. The lowest BCUT2D eigenvalue weighted by atomic mass is 9.85. The molecule has 1 atom stereocenters. The molecule has 0 aliphatic heterocycles. The molecule has 2 N–H and O–H groups in total. The molecule has 132 valence electrons. The number of aromatic nitrogens is 3. The van der Waals surface area contributed by atoms with Crippen molar-refractivity contribution in [3.05, 3.63) is 22.4 Å². The molecule has 3 rings (SSSR count). The van der Waals surface area contributed by atoms with E-state index >= 15 is 0 Å². The van der Waals surface area contributed by atoms with Crippen LogP contribution in [0.4, 0.5) is 5.95 Å². The molecule has 7 heteroatoms. The second kappa shape index (κ2) is 7.80. The Morgan fingerprint density at radius 2 is 2.17 bits per heavy atom. The third-order valence-corrected chi connectivity index (χ3v) is 5.19. The van der Waals surface area contributed by atoms with Gasteiger partial charge in [-0.15, -0.1) is 5.10 Å². The summed E-state index contributed by atoms with van der Waals surface area (Å²) in [5, 5.41) is 17.7. The lowest BCUT2D eigenvalue weighted by molar-refractivity contribution is 0.121. The van der Waals surface area contributed by atoms with E-state index in [1.807, 2.05) is 17.6 Å². The zero-order chi connectivity index (χ0) is 17.1. The molecule has 0 saturated heterocycles. The van der Waals surface area contributed by atoms with Crippen LogP contribution in [0.5, 0.6) is 0 Å². The quantitative estimate of drug-likeness (QED) is 0.782. The molecule has 0 bridgehead atoms. The summed E-state index contributed by atoms with van der Waals surface area (Å²) in [5.41, 5.74) is 2.16. The first-order chi connectivity index (χ1) is 11.6. The second-order valence-electron chi connectivity index (χ2n) is 6.51. The number of anilines is 1. The lowest BCUT2D eigenvalue weighted by Gasteiger charge is -2.25. The number of rotatable bonds is 6. The number of aliphatic hydroxyl groups is 1. The Kier molecular flexibility index (Phi) is 5.73. The Bertz CT molecular complexity index is 683. The number of nitrogens with one attached hydrogen (secondary N) is 1. The molecule has 0 amide bonds. The van der Waals surface area contributed by atoms with Gasteiger partial charge in [0.05, 0.1) is 24.4 Å². The Labute approximate surface area is 150 Å². The molecule has 0 unspecified atom stereocenters. The normalized spacial score (nSPS) is 22.7. The van der Waals surface area contributed by atoms with Gasteiger partial charge in [-0.2, -0.15) is 0 Å². The third-order valence-electron chi connectivity index (χ3n) is 4.56. The smallest absolute Gasteiger partial charge is 0.241 e. The number of halogens is 1. The van der Waals surface area contributed by atoms with Crippen molar-refractivity contribution in [2.75, 3.05) is 18.5 Å². The highest BCUT2D eigenvalue weighted by atomic mass is 79.9. The molecule has 2 aromatic rings. The molecular formula is C17H25BrN4O2. The van der Waals surface area contributed by atoms with Crippen molar-refractivity contribution in [2.24, 2.45) is 0 Å². The van der Waals surface area contributed by atoms with Gasteiger partial charge in [-0.05, 0) is 61.5 Å². The molecule has 2 aromatic heterocycles. The maximum Gasteiger partial charge on any atom is 0.241 e. The van der Waals surface area contributed by atoms with Gasteiger partial charge in [0.15, 0.2) is 0 Å². The predicted molar refractivity (Wildman–Crippen MR) is 97.5 cm³/mol. The number of ether oxygens (including phenoxy) is 1. The van der Waals surface area contributed by atoms with Crippen molar-refractivity contribution >= 4 is 27.4 Å². The van der Waals surface area contributed by atoms with E-state index in [9.17, 15) is 5.11 Å². The van der Waals surface area contributed by atoms with Gasteiger partial charge < -0.3 is 15.2 Å². The van der Waals surface area contributed by atoms with Crippen molar-refractivity contribution in [3.63, 3.8) is 0 Å². The van der Waals surface area contributed by atoms with Crippen LogP contribution in [0.2, 0.25) is 0 Å². The highest BCUT2D eigenvalue weighted by Gasteiger charge is 2.24. The van der Waals surface area contributed by atoms with E-state index in [1.165, 1.54) is 5.69 Å². The molecule has 1 aliphatic rings. The third kappa shape index (κ3) is 3.90. The molecule has 6 nitrogen and oxygen atoms in total. The van der Waals surface area contributed by atoms with E-state index < -0.39 is 0 Å². The fourth-order valence-corrected chi connectivity index (χ4v) is 3.77. The summed E-state index contributed by atoms with van der Waals surface area (Å²) >= 11 is 3.62. The fraction of sp³-hybridized carbons (Fsp3) is 0.647. The molecule has 1 fully saturated rings. The highest BCUT2D eigenvalue weighted by molar-refractivity contribution is 9.10. The van der Waals surface area contributed by atoms with Crippen LogP contribution >= 0.6 is 15.9 Å². The maximum atomic E-state index is 9.74. The fourth-order valence-electron chi connectivity index (χ4n) is 3.26. The average molecular weight is 397 g/mol. The minimum absolute atomic E-state index is 0.148. The average Bonchev–Trinajstić information content (AvgIpc) is 2.90. The first kappa shape index (κ1) is 17.6. The van der Waals surface area contributed by atoms with E-state index in [1.54, 1.807) is 0 Å². The van der Waals surface area contributed by atoms with Crippen LogP contribution < -0.4 is 5.32 Å². The molecule has 1 saturated carbocycles. The topological polar surface area (TPSA) is 71.7 Å². The first-order valence-corrected chi connectivity index (χ1v) is 9.44. The first-order valence-electron chi connectivity index (χ1n) is 8.65. The number of aliphatic hydroxyl groups excluding tert-OH is 1. The molecule has 0 radical (unpaired) electrons. The van der Waals surface area contributed by atoms with Gasteiger partial charge in [0.1, 0.15) is 0 Å². The molecule has 24 heavy (non-hydrogen) atoms. The standard InChI is InChI=1S/C17H25BrN4O2/c1-3-24-10-11(2)20-17-19-9-16-14(18)8-15(22(16)21-17)12-4-6-13(23)7-5-12/h8-9,11-13,23H,3-7,10H2,1-2H3,(H,20,21)/t11-,12-,13-/m0/s1. The van der Waals surface area contributed by atoms with Gasteiger partial charge in [0, 0.05) is 28.7 Å². The highest BCUT2D eigenvalue weighted by Crippen LogP contribution is 2.36. The van der Waals surface area contributed by atoms with Crippen LogP contribution in [0.3, 0.4) is 0 Å². The van der Waals surface area contributed by atoms with Crippen LogP contribution in [0, 0.1) is 0 Å². The van der Waals surface area contributed by atoms with Gasteiger partial charge in [0.25, 0.3) is 0 Å².